The fourth-order valence-corrected chi connectivity index (χ4v) is 2.86. The summed E-state index contributed by atoms with van der Waals surface area (Å²) in [6.07, 6.45) is 3.25. The van der Waals surface area contributed by atoms with Crippen LogP contribution in [0.4, 0.5) is 0 Å². The van der Waals surface area contributed by atoms with Crippen LogP contribution in [0.2, 0.25) is 0 Å². The first-order chi connectivity index (χ1) is 8.38. The summed E-state index contributed by atoms with van der Waals surface area (Å²) in [5.74, 6) is 0. The molecule has 1 N–H and O–H groups in total. The lowest BCUT2D eigenvalue weighted by atomic mass is 10.4. The Balaban J connectivity index is 2.15. The van der Waals surface area contributed by atoms with Crippen molar-refractivity contribution < 1.29 is 8.42 Å². The lowest BCUT2D eigenvalue weighted by Gasteiger charge is -2.03. The number of sulfonamides is 1. The first-order valence-corrected chi connectivity index (χ1v) is 6.85. The van der Waals surface area contributed by atoms with Gasteiger partial charge in [-0.25, -0.2) is 13.1 Å². The highest BCUT2D eigenvalue weighted by Gasteiger charge is 2.19. The van der Waals surface area contributed by atoms with Crippen molar-refractivity contribution in [3.63, 3.8) is 0 Å². The molecule has 0 aliphatic heterocycles. The molecule has 2 aromatic rings. The molecule has 0 aliphatic carbocycles. The number of aromatic nitrogens is 4. The van der Waals surface area contributed by atoms with E-state index in [-0.39, 0.29) is 11.4 Å². The number of hydrogen-bond acceptors (Lipinski definition) is 4. The lowest BCUT2D eigenvalue weighted by molar-refractivity contribution is 0.579. The van der Waals surface area contributed by atoms with Crippen molar-refractivity contribution in [2.45, 2.75) is 18.4 Å². The second kappa shape index (κ2) is 4.54. The maximum absolute atomic E-state index is 12.0. The molecule has 7 nitrogen and oxygen atoms in total. The van der Waals surface area contributed by atoms with Gasteiger partial charge < -0.3 is 0 Å². The Hall–Kier alpha value is -1.67. The van der Waals surface area contributed by atoms with Gasteiger partial charge in [0, 0.05) is 26.5 Å². The van der Waals surface area contributed by atoms with E-state index in [1.165, 1.54) is 10.9 Å². The maximum atomic E-state index is 12.0. The van der Waals surface area contributed by atoms with Gasteiger partial charge in [-0.15, -0.1) is 0 Å². The molecule has 98 valence electrons. The summed E-state index contributed by atoms with van der Waals surface area (Å²) >= 11 is 0. The summed E-state index contributed by atoms with van der Waals surface area (Å²) in [6, 6.07) is 1.76. The van der Waals surface area contributed by atoms with E-state index in [2.05, 4.69) is 14.9 Å². The van der Waals surface area contributed by atoms with E-state index in [0.29, 0.717) is 11.4 Å². The van der Waals surface area contributed by atoms with Crippen LogP contribution in [0, 0.1) is 6.92 Å². The normalized spacial score (nSPS) is 11.9. The smallest absolute Gasteiger partial charge is 0.244 e. The molecule has 0 saturated carbocycles. The Labute approximate surface area is 105 Å². The van der Waals surface area contributed by atoms with E-state index in [0.717, 1.165) is 0 Å². The Morgan fingerprint density at radius 1 is 1.28 bits per heavy atom. The number of nitrogens with one attached hydrogen (secondary N) is 1. The number of rotatable bonds is 4. The molecule has 0 spiro atoms. The average molecular weight is 269 g/mol. The molecule has 2 rings (SSSR count). The molecule has 0 radical (unpaired) electrons. The fourth-order valence-electron chi connectivity index (χ4n) is 1.65. The Kier molecular flexibility index (Phi) is 3.22. The van der Waals surface area contributed by atoms with Crippen LogP contribution in [0.1, 0.15) is 11.4 Å². The van der Waals surface area contributed by atoms with Crippen LogP contribution in [0.25, 0.3) is 0 Å². The van der Waals surface area contributed by atoms with Crippen LogP contribution < -0.4 is 4.72 Å². The van der Waals surface area contributed by atoms with Gasteiger partial charge in [-0.05, 0) is 13.0 Å². The van der Waals surface area contributed by atoms with Gasteiger partial charge in [0.2, 0.25) is 10.0 Å². The first kappa shape index (κ1) is 12.8. The van der Waals surface area contributed by atoms with Crippen molar-refractivity contribution in [1.29, 1.82) is 0 Å². The van der Waals surface area contributed by atoms with Crippen LogP contribution in [0.5, 0.6) is 0 Å². The fraction of sp³-hybridized carbons (Fsp3) is 0.400. The molecule has 2 heterocycles. The minimum Gasteiger partial charge on any atom is -0.276 e. The monoisotopic (exact) mass is 269 g/mol. The summed E-state index contributed by atoms with van der Waals surface area (Å²) in [6.45, 7) is 1.83. The Bertz CT molecular complexity index is 656. The molecule has 0 atom stereocenters. The van der Waals surface area contributed by atoms with Gasteiger partial charge in [0.1, 0.15) is 4.90 Å². The topological polar surface area (TPSA) is 81.8 Å². The Morgan fingerprint density at radius 3 is 2.50 bits per heavy atom. The van der Waals surface area contributed by atoms with E-state index in [1.807, 2.05) is 0 Å². The molecule has 0 fully saturated rings. The van der Waals surface area contributed by atoms with Crippen LogP contribution in [-0.4, -0.2) is 28.0 Å². The molecular weight excluding hydrogens is 254 g/mol. The summed E-state index contributed by atoms with van der Waals surface area (Å²) < 4.78 is 29.7. The predicted octanol–water partition coefficient (Wildman–Crippen LogP) is -0.0595. The predicted molar refractivity (Wildman–Crippen MR) is 65.2 cm³/mol. The second-order valence-electron chi connectivity index (χ2n) is 4.06. The highest BCUT2D eigenvalue weighted by molar-refractivity contribution is 7.89. The second-order valence-corrected chi connectivity index (χ2v) is 5.79. The van der Waals surface area contributed by atoms with Crippen LogP contribution in [0.15, 0.2) is 23.4 Å². The molecule has 8 heteroatoms. The molecule has 0 aliphatic rings. The number of nitrogens with zero attached hydrogens (tertiary/aromatic N) is 4. The molecule has 18 heavy (non-hydrogen) atoms. The summed E-state index contributed by atoms with van der Waals surface area (Å²) in [5.41, 5.74) is 1.15. The van der Waals surface area contributed by atoms with E-state index in [4.69, 9.17) is 0 Å². The van der Waals surface area contributed by atoms with E-state index in [9.17, 15) is 8.42 Å². The van der Waals surface area contributed by atoms with Crippen LogP contribution in [0.3, 0.4) is 0 Å². The lowest BCUT2D eigenvalue weighted by Crippen LogP contribution is -2.23. The molecular formula is C10H15N5O2S. The zero-order valence-electron chi connectivity index (χ0n) is 10.5. The first-order valence-electron chi connectivity index (χ1n) is 5.37. The van der Waals surface area contributed by atoms with Crippen molar-refractivity contribution in [2.24, 2.45) is 14.1 Å². The van der Waals surface area contributed by atoms with Crippen molar-refractivity contribution in [3.8, 4) is 0 Å². The highest BCUT2D eigenvalue weighted by atomic mass is 32.2. The minimum absolute atomic E-state index is 0.164. The van der Waals surface area contributed by atoms with Gasteiger partial charge in [-0.3, -0.25) is 9.36 Å². The average Bonchev–Trinajstić information content (AvgIpc) is 2.82. The third kappa shape index (κ3) is 2.59. The van der Waals surface area contributed by atoms with Gasteiger partial charge in [0.05, 0.1) is 17.9 Å². The standard InChI is InChI=1S/C10H15N5O2S/c1-8-10(7-15(3)12-8)18(16,17)11-6-9-4-5-14(2)13-9/h4-5,7,11H,6H2,1-3H3. The van der Waals surface area contributed by atoms with Gasteiger partial charge >= 0.3 is 0 Å². The third-order valence-corrected chi connectivity index (χ3v) is 3.97. The Morgan fingerprint density at radius 2 is 2.00 bits per heavy atom. The third-order valence-electron chi connectivity index (χ3n) is 2.47. The zero-order chi connectivity index (χ0) is 13.3. The summed E-state index contributed by atoms with van der Waals surface area (Å²) in [7, 11) is -0.0753. The quantitative estimate of drug-likeness (QED) is 0.843. The number of aryl methyl sites for hydroxylation is 3. The molecule has 0 aromatic carbocycles. The van der Waals surface area contributed by atoms with Crippen molar-refractivity contribution in [3.05, 3.63) is 29.8 Å². The van der Waals surface area contributed by atoms with Gasteiger partial charge in [0.15, 0.2) is 0 Å². The SMILES string of the molecule is Cc1nn(C)cc1S(=O)(=O)NCc1ccn(C)n1. The van der Waals surface area contributed by atoms with Gasteiger partial charge in [-0.1, -0.05) is 0 Å². The van der Waals surface area contributed by atoms with Crippen LogP contribution >= 0.6 is 0 Å². The molecule has 2 aromatic heterocycles. The maximum Gasteiger partial charge on any atom is 0.244 e. The number of hydrogen-bond donors (Lipinski definition) is 1. The van der Waals surface area contributed by atoms with E-state index < -0.39 is 10.0 Å². The van der Waals surface area contributed by atoms with Crippen molar-refractivity contribution >= 4 is 10.0 Å². The largest absolute Gasteiger partial charge is 0.276 e. The molecule has 0 bridgehead atoms. The van der Waals surface area contributed by atoms with E-state index >= 15 is 0 Å². The minimum atomic E-state index is -3.54. The molecule has 0 saturated heterocycles. The summed E-state index contributed by atoms with van der Waals surface area (Å²) in [4.78, 5) is 0.195. The van der Waals surface area contributed by atoms with Gasteiger partial charge in [0.25, 0.3) is 0 Å². The summed E-state index contributed by atoms with van der Waals surface area (Å²) in [5, 5.41) is 8.12. The van der Waals surface area contributed by atoms with Gasteiger partial charge in [-0.2, -0.15) is 10.2 Å². The van der Waals surface area contributed by atoms with Crippen molar-refractivity contribution in [1.82, 2.24) is 24.3 Å². The molecule has 0 unspecified atom stereocenters. The molecule has 0 amide bonds. The van der Waals surface area contributed by atoms with Crippen molar-refractivity contribution in [2.75, 3.05) is 0 Å². The highest BCUT2D eigenvalue weighted by Crippen LogP contribution is 2.12. The van der Waals surface area contributed by atoms with Crippen LogP contribution in [-0.2, 0) is 30.7 Å². The zero-order valence-corrected chi connectivity index (χ0v) is 11.3. The van der Waals surface area contributed by atoms with E-state index in [1.54, 1.807) is 38.0 Å².